The minimum Gasteiger partial charge on any atom is -0.463 e. The first-order valence-corrected chi connectivity index (χ1v) is 7.13. The fourth-order valence-corrected chi connectivity index (χ4v) is 2.81. The standard InChI is InChI=1S/C12H13N3O7S/c1-4(16)19-3-6-7(20-5(2)17)8-9(21-6)15-11(22-8)13-10(18)14-12(15)23/h6-9H,3H2,1-2H3,(H,14,18,23)/t6-,7-,8+,9-/m1/s1. The maximum absolute atomic E-state index is 11.4. The van der Waals surface area contributed by atoms with E-state index in [9.17, 15) is 14.4 Å². The lowest BCUT2D eigenvalue weighted by Crippen LogP contribution is -2.39. The summed E-state index contributed by atoms with van der Waals surface area (Å²) in [6.45, 7) is 2.39. The first-order valence-electron chi connectivity index (χ1n) is 6.72. The van der Waals surface area contributed by atoms with Crippen molar-refractivity contribution in [1.29, 1.82) is 0 Å². The molecule has 3 rings (SSSR count). The zero-order valence-corrected chi connectivity index (χ0v) is 13.0. The molecule has 1 aromatic rings. The summed E-state index contributed by atoms with van der Waals surface area (Å²) in [6.07, 6.45) is -3.04. The zero-order chi connectivity index (χ0) is 16.7. The summed E-state index contributed by atoms with van der Waals surface area (Å²) in [5.74, 6) is -1.03. The Kier molecular flexibility index (Phi) is 3.90. The molecular formula is C12H13N3O7S. The molecule has 0 radical (unpaired) electrons. The largest absolute Gasteiger partial charge is 0.463 e. The van der Waals surface area contributed by atoms with Crippen LogP contribution in [0.15, 0.2) is 4.79 Å². The van der Waals surface area contributed by atoms with E-state index in [1.54, 1.807) is 0 Å². The smallest absolute Gasteiger partial charge is 0.351 e. The molecule has 0 spiro atoms. The molecule has 4 atom stereocenters. The average molecular weight is 343 g/mol. The Morgan fingerprint density at radius 3 is 2.78 bits per heavy atom. The minimum absolute atomic E-state index is 0.0168. The van der Waals surface area contributed by atoms with Crippen LogP contribution in [0.2, 0.25) is 0 Å². The molecule has 0 bridgehead atoms. The molecule has 124 valence electrons. The van der Waals surface area contributed by atoms with E-state index in [1.165, 1.54) is 18.4 Å². The summed E-state index contributed by atoms with van der Waals surface area (Å²) >= 11 is 5.08. The third kappa shape index (κ3) is 2.84. The zero-order valence-electron chi connectivity index (χ0n) is 12.2. The van der Waals surface area contributed by atoms with Gasteiger partial charge in [0.25, 0.3) is 0 Å². The minimum atomic E-state index is -0.831. The van der Waals surface area contributed by atoms with Gasteiger partial charge < -0.3 is 18.9 Å². The molecule has 1 fully saturated rings. The highest BCUT2D eigenvalue weighted by molar-refractivity contribution is 7.71. The predicted octanol–water partition coefficient (Wildman–Crippen LogP) is -0.546. The van der Waals surface area contributed by atoms with Crippen molar-refractivity contribution < 1.29 is 28.5 Å². The molecule has 11 heteroatoms. The van der Waals surface area contributed by atoms with Gasteiger partial charge in [-0.3, -0.25) is 14.6 Å². The number of hydrogen-bond donors (Lipinski definition) is 1. The van der Waals surface area contributed by atoms with Crippen LogP contribution in [0.25, 0.3) is 0 Å². The molecule has 2 aliphatic heterocycles. The molecule has 1 aromatic heterocycles. The van der Waals surface area contributed by atoms with Gasteiger partial charge in [0.15, 0.2) is 23.2 Å². The Bertz CT molecular complexity index is 773. The number of aromatic amines is 1. The fourth-order valence-electron chi connectivity index (χ4n) is 2.55. The van der Waals surface area contributed by atoms with Crippen LogP contribution < -0.4 is 10.4 Å². The van der Waals surface area contributed by atoms with Crippen molar-refractivity contribution >= 4 is 24.2 Å². The van der Waals surface area contributed by atoms with E-state index in [1.807, 2.05) is 0 Å². The summed E-state index contributed by atoms with van der Waals surface area (Å²) in [5, 5.41) is 0. The van der Waals surface area contributed by atoms with Crippen LogP contribution in [-0.4, -0.2) is 51.4 Å². The molecule has 23 heavy (non-hydrogen) atoms. The van der Waals surface area contributed by atoms with E-state index in [4.69, 9.17) is 31.2 Å². The number of carbonyl (C=O) groups excluding carboxylic acids is 2. The molecule has 2 aliphatic rings. The Labute approximate surface area is 134 Å². The van der Waals surface area contributed by atoms with Crippen molar-refractivity contribution in [3.8, 4) is 6.01 Å². The summed E-state index contributed by atoms with van der Waals surface area (Å²) in [7, 11) is 0. The highest BCUT2D eigenvalue weighted by Crippen LogP contribution is 2.40. The number of rotatable bonds is 3. The van der Waals surface area contributed by atoms with Gasteiger partial charge in [-0.25, -0.2) is 9.36 Å². The molecule has 0 aliphatic carbocycles. The second-order valence-corrected chi connectivity index (χ2v) is 5.41. The lowest BCUT2D eigenvalue weighted by atomic mass is 10.1. The maximum Gasteiger partial charge on any atom is 0.351 e. The molecule has 10 nitrogen and oxygen atoms in total. The van der Waals surface area contributed by atoms with Crippen molar-refractivity contribution in [3.05, 3.63) is 15.3 Å². The Morgan fingerprint density at radius 1 is 1.39 bits per heavy atom. The molecular weight excluding hydrogens is 330 g/mol. The number of hydrogen-bond acceptors (Lipinski definition) is 9. The van der Waals surface area contributed by atoms with Crippen molar-refractivity contribution in [2.24, 2.45) is 0 Å². The maximum atomic E-state index is 11.4. The third-order valence-electron chi connectivity index (χ3n) is 3.37. The van der Waals surface area contributed by atoms with E-state index >= 15 is 0 Å². The third-order valence-corrected chi connectivity index (χ3v) is 3.67. The number of carbonyl (C=O) groups is 2. The van der Waals surface area contributed by atoms with Crippen molar-refractivity contribution in [1.82, 2.24) is 14.5 Å². The van der Waals surface area contributed by atoms with Gasteiger partial charge in [-0.1, -0.05) is 0 Å². The van der Waals surface area contributed by atoms with Crippen molar-refractivity contribution in [2.45, 2.75) is 38.4 Å². The molecule has 1 N–H and O–H groups in total. The van der Waals surface area contributed by atoms with E-state index < -0.39 is 42.2 Å². The van der Waals surface area contributed by atoms with Gasteiger partial charge in [0.2, 0.25) is 0 Å². The number of esters is 2. The fraction of sp³-hybridized carbons (Fsp3) is 0.583. The van der Waals surface area contributed by atoms with Crippen LogP contribution in [0.5, 0.6) is 6.01 Å². The molecule has 1 saturated heterocycles. The van der Waals surface area contributed by atoms with Gasteiger partial charge in [-0.05, 0) is 12.2 Å². The van der Waals surface area contributed by atoms with E-state index in [0.717, 1.165) is 0 Å². The normalized spacial score (nSPS) is 27.7. The highest BCUT2D eigenvalue weighted by atomic mass is 32.1. The van der Waals surface area contributed by atoms with Crippen LogP contribution in [-0.2, 0) is 23.8 Å². The number of nitrogens with zero attached hydrogens (tertiary/aromatic N) is 2. The lowest BCUT2D eigenvalue weighted by molar-refractivity contribution is -0.157. The summed E-state index contributed by atoms with van der Waals surface area (Å²) in [4.78, 5) is 39.7. The van der Waals surface area contributed by atoms with Crippen LogP contribution in [0, 0.1) is 4.77 Å². The first-order chi connectivity index (χ1) is 10.9. The molecule has 0 amide bonds. The second-order valence-electron chi connectivity index (χ2n) is 5.02. The monoisotopic (exact) mass is 343 g/mol. The van der Waals surface area contributed by atoms with Crippen LogP contribution in [0.4, 0.5) is 0 Å². The quantitative estimate of drug-likeness (QED) is 0.569. The van der Waals surface area contributed by atoms with Gasteiger partial charge >= 0.3 is 23.6 Å². The Morgan fingerprint density at radius 2 is 2.13 bits per heavy atom. The van der Waals surface area contributed by atoms with Gasteiger partial charge in [-0.15, -0.1) is 4.98 Å². The van der Waals surface area contributed by atoms with Crippen LogP contribution in [0.1, 0.15) is 20.1 Å². The van der Waals surface area contributed by atoms with E-state index in [-0.39, 0.29) is 17.4 Å². The van der Waals surface area contributed by atoms with Gasteiger partial charge in [-0.2, -0.15) is 0 Å². The number of ether oxygens (including phenoxy) is 4. The summed E-state index contributed by atoms with van der Waals surface area (Å²) in [6, 6.07) is -0.0168. The second kappa shape index (κ2) is 5.74. The molecule has 3 heterocycles. The molecule has 0 unspecified atom stereocenters. The SMILES string of the molecule is CC(=O)OC[C@H]1O[C@@H]2[C@@H](Oc3nc(=O)[nH]c(=S)n32)[C@@H]1OC(C)=O. The lowest BCUT2D eigenvalue weighted by Gasteiger charge is -2.20. The van der Waals surface area contributed by atoms with Gasteiger partial charge in [0.1, 0.15) is 12.7 Å². The summed E-state index contributed by atoms with van der Waals surface area (Å²) < 4.78 is 22.9. The number of H-pyrrole nitrogens is 1. The summed E-state index contributed by atoms with van der Waals surface area (Å²) in [5.41, 5.74) is -0.651. The Hall–Kier alpha value is -2.27. The number of nitrogens with one attached hydrogen (secondary N) is 1. The molecule has 0 aromatic carbocycles. The topological polar surface area (TPSA) is 122 Å². The van der Waals surface area contributed by atoms with Crippen molar-refractivity contribution in [3.63, 3.8) is 0 Å². The number of fused-ring (bicyclic) bond motifs is 3. The average Bonchev–Trinajstić information content (AvgIpc) is 2.92. The predicted molar refractivity (Wildman–Crippen MR) is 74.2 cm³/mol. The van der Waals surface area contributed by atoms with Gasteiger partial charge in [0, 0.05) is 13.8 Å². The Balaban J connectivity index is 1.91. The first kappa shape index (κ1) is 15.6. The van der Waals surface area contributed by atoms with Gasteiger partial charge in [0.05, 0.1) is 0 Å². The van der Waals surface area contributed by atoms with Crippen molar-refractivity contribution in [2.75, 3.05) is 6.61 Å². The molecule has 0 saturated carbocycles. The number of aromatic nitrogens is 3. The van der Waals surface area contributed by atoms with E-state index in [0.29, 0.717) is 0 Å². The van der Waals surface area contributed by atoms with Crippen LogP contribution >= 0.6 is 12.2 Å². The van der Waals surface area contributed by atoms with E-state index in [2.05, 4.69) is 9.97 Å². The van der Waals surface area contributed by atoms with Crippen LogP contribution in [0.3, 0.4) is 0 Å². The highest BCUT2D eigenvalue weighted by Gasteiger charge is 2.54.